The van der Waals surface area contributed by atoms with E-state index in [0.717, 1.165) is 18.0 Å². The molecule has 19 heavy (non-hydrogen) atoms. The van der Waals surface area contributed by atoms with Crippen molar-refractivity contribution >= 4 is 11.8 Å². The van der Waals surface area contributed by atoms with Gasteiger partial charge < -0.3 is 10.1 Å². The van der Waals surface area contributed by atoms with Crippen molar-refractivity contribution in [2.75, 3.05) is 12.9 Å². The molecule has 0 bridgehead atoms. The summed E-state index contributed by atoms with van der Waals surface area (Å²) in [6.45, 7) is 0.892. The molecule has 1 aliphatic heterocycles. The van der Waals surface area contributed by atoms with Crippen LogP contribution in [0, 0.1) is 0 Å². The van der Waals surface area contributed by atoms with E-state index in [0.29, 0.717) is 6.04 Å². The Hall–Kier alpha value is -1.45. The molecule has 0 saturated heterocycles. The van der Waals surface area contributed by atoms with Crippen LogP contribution in [-0.2, 0) is 6.54 Å². The molecule has 2 aromatic carbocycles. The van der Waals surface area contributed by atoms with Crippen LogP contribution in [0.4, 0.5) is 0 Å². The monoisotopic (exact) mass is 271 g/mol. The van der Waals surface area contributed by atoms with E-state index in [-0.39, 0.29) is 0 Å². The summed E-state index contributed by atoms with van der Waals surface area (Å²) in [6.07, 6.45) is 0. The minimum Gasteiger partial charge on any atom is -0.497 e. The molecule has 0 fully saturated rings. The standard InChI is InChI=1S/C16H17NOS/c1-18-13-8-6-12(7-9-13)10-17-15-11-19-16-5-3-2-4-14(15)16/h2-9,15,17H,10-11H2,1H3. The van der Waals surface area contributed by atoms with Crippen LogP contribution in [0.3, 0.4) is 0 Å². The van der Waals surface area contributed by atoms with Crippen LogP contribution in [0.1, 0.15) is 17.2 Å². The van der Waals surface area contributed by atoms with Gasteiger partial charge in [-0.25, -0.2) is 0 Å². The molecule has 0 saturated carbocycles. The van der Waals surface area contributed by atoms with Crippen molar-refractivity contribution < 1.29 is 4.74 Å². The molecule has 3 heteroatoms. The smallest absolute Gasteiger partial charge is 0.118 e. The molecule has 3 rings (SSSR count). The van der Waals surface area contributed by atoms with Gasteiger partial charge >= 0.3 is 0 Å². The maximum atomic E-state index is 5.17. The lowest BCUT2D eigenvalue weighted by Gasteiger charge is -2.13. The third kappa shape index (κ3) is 2.77. The number of fused-ring (bicyclic) bond motifs is 1. The van der Waals surface area contributed by atoms with Crippen LogP contribution in [0.15, 0.2) is 53.4 Å². The van der Waals surface area contributed by atoms with Gasteiger partial charge in [-0.1, -0.05) is 30.3 Å². The zero-order valence-corrected chi connectivity index (χ0v) is 11.7. The minimum atomic E-state index is 0.461. The molecule has 0 aromatic heterocycles. The molecular formula is C16H17NOS. The first-order chi connectivity index (χ1) is 9.36. The van der Waals surface area contributed by atoms with Crippen molar-refractivity contribution in [2.45, 2.75) is 17.5 Å². The van der Waals surface area contributed by atoms with E-state index < -0.39 is 0 Å². The quantitative estimate of drug-likeness (QED) is 0.917. The van der Waals surface area contributed by atoms with Crippen molar-refractivity contribution in [3.63, 3.8) is 0 Å². The zero-order chi connectivity index (χ0) is 13.1. The lowest BCUT2D eigenvalue weighted by Crippen LogP contribution is -2.20. The fourth-order valence-electron chi connectivity index (χ4n) is 2.32. The van der Waals surface area contributed by atoms with Crippen molar-refractivity contribution in [3.8, 4) is 5.75 Å². The summed E-state index contributed by atoms with van der Waals surface area (Å²) in [5.41, 5.74) is 2.72. The van der Waals surface area contributed by atoms with Gasteiger partial charge in [0.25, 0.3) is 0 Å². The van der Waals surface area contributed by atoms with Crippen LogP contribution in [0.5, 0.6) is 5.75 Å². The third-order valence-electron chi connectivity index (χ3n) is 3.41. The third-order valence-corrected chi connectivity index (χ3v) is 4.59. The van der Waals surface area contributed by atoms with Crippen LogP contribution >= 0.6 is 11.8 Å². The molecule has 2 nitrogen and oxygen atoms in total. The number of methoxy groups -OCH3 is 1. The molecule has 1 aliphatic rings. The van der Waals surface area contributed by atoms with E-state index in [4.69, 9.17) is 4.74 Å². The number of rotatable bonds is 4. The van der Waals surface area contributed by atoms with Gasteiger partial charge in [-0.3, -0.25) is 0 Å². The summed E-state index contributed by atoms with van der Waals surface area (Å²) in [5.74, 6) is 2.03. The highest BCUT2D eigenvalue weighted by Gasteiger charge is 2.21. The Balaban J connectivity index is 1.64. The molecule has 1 atom stereocenters. The number of ether oxygens (including phenoxy) is 1. The van der Waals surface area contributed by atoms with Crippen LogP contribution in [0.25, 0.3) is 0 Å². The average Bonchev–Trinajstić information content (AvgIpc) is 2.89. The second-order valence-electron chi connectivity index (χ2n) is 4.63. The minimum absolute atomic E-state index is 0.461. The molecule has 1 heterocycles. The highest BCUT2D eigenvalue weighted by Crippen LogP contribution is 2.37. The Morgan fingerprint density at radius 1 is 1.16 bits per heavy atom. The first kappa shape index (κ1) is 12.6. The first-order valence-electron chi connectivity index (χ1n) is 6.45. The molecule has 1 N–H and O–H groups in total. The summed E-state index contributed by atoms with van der Waals surface area (Å²) < 4.78 is 5.17. The number of hydrogen-bond donors (Lipinski definition) is 1. The van der Waals surface area contributed by atoms with Gasteiger partial charge in [-0.2, -0.15) is 0 Å². The van der Waals surface area contributed by atoms with E-state index in [1.807, 2.05) is 23.9 Å². The maximum Gasteiger partial charge on any atom is 0.118 e. The highest BCUT2D eigenvalue weighted by molar-refractivity contribution is 7.99. The summed E-state index contributed by atoms with van der Waals surface area (Å²) >= 11 is 1.93. The van der Waals surface area contributed by atoms with Gasteiger partial charge in [0.1, 0.15) is 5.75 Å². The number of hydrogen-bond acceptors (Lipinski definition) is 3. The molecule has 98 valence electrons. The summed E-state index contributed by atoms with van der Waals surface area (Å²) in [7, 11) is 1.69. The largest absolute Gasteiger partial charge is 0.497 e. The molecule has 0 radical (unpaired) electrons. The Morgan fingerprint density at radius 3 is 2.74 bits per heavy atom. The van der Waals surface area contributed by atoms with Gasteiger partial charge in [-0.15, -0.1) is 11.8 Å². The van der Waals surface area contributed by atoms with Crippen molar-refractivity contribution in [2.24, 2.45) is 0 Å². The van der Waals surface area contributed by atoms with E-state index in [1.165, 1.54) is 16.0 Å². The Morgan fingerprint density at radius 2 is 1.95 bits per heavy atom. The number of nitrogens with one attached hydrogen (secondary N) is 1. The molecule has 0 spiro atoms. The Kier molecular flexibility index (Phi) is 3.76. The summed E-state index contributed by atoms with van der Waals surface area (Å²) in [5, 5.41) is 3.63. The predicted octanol–water partition coefficient (Wildman–Crippen LogP) is 3.63. The Labute approximate surface area is 118 Å². The van der Waals surface area contributed by atoms with E-state index >= 15 is 0 Å². The van der Waals surface area contributed by atoms with E-state index in [2.05, 4.69) is 41.7 Å². The lowest BCUT2D eigenvalue weighted by atomic mass is 10.1. The Bertz CT molecular complexity index is 553. The van der Waals surface area contributed by atoms with Gasteiger partial charge in [-0.05, 0) is 29.3 Å². The number of thioether (sulfide) groups is 1. The first-order valence-corrected chi connectivity index (χ1v) is 7.43. The van der Waals surface area contributed by atoms with Crippen molar-refractivity contribution in [3.05, 3.63) is 59.7 Å². The maximum absolute atomic E-state index is 5.17. The van der Waals surface area contributed by atoms with Crippen molar-refractivity contribution in [1.29, 1.82) is 0 Å². The fourth-order valence-corrected chi connectivity index (χ4v) is 3.51. The topological polar surface area (TPSA) is 21.3 Å². The summed E-state index contributed by atoms with van der Waals surface area (Å²) in [6, 6.07) is 17.4. The fraction of sp³-hybridized carbons (Fsp3) is 0.250. The van der Waals surface area contributed by atoms with Gasteiger partial charge in [0, 0.05) is 23.2 Å². The molecule has 2 aromatic rings. The average molecular weight is 271 g/mol. The molecule has 0 amide bonds. The lowest BCUT2D eigenvalue weighted by molar-refractivity contribution is 0.414. The van der Waals surface area contributed by atoms with Crippen LogP contribution in [0.2, 0.25) is 0 Å². The van der Waals surface area contributed by atoms with Gasteiger partial charge in [0.2, 0.25) is 0 Å². The van der Waals surface area contributed by atoms with Gasteiger partial charge in [0.15, 0.2) is 0 Å². The molecule has 1 unspecified atom stereocenters. The van der Waals surface area contributed by atoms with Crippen LogP contribution < -0.4 is 10.1 Å². The summed E-state index contributed by atoms with van der Waals surface area (Å²) in [4.78, 5) is 1.41. The molecule has 0 aliphatic carbocycles. The van der Waals surface area contributed by atoms with E-state index in [1.54, 1.807) is 7.11 Å². The number of benzene rings is 2. The molecular weight excluding hydrogens is 254 g/mol. The van der Waals surface area contributed by atoms with Crippen LogP contribution in [-0.4, -0.2) is 12.9 Å². The van der Waals surface area contributed by atoms with Gasteiger partial charge in [0.05, 0.1) is 7.11 Å². The second-order valence-corrected chi connectivity index (χ2v) is 5.69. The van der Waals surface area contributed by atoms with Crippen molar-refractivity contribution in [1.82, 2.24) is 5.32 Å². The van der Waals surface area contributed by atoms with E-state index in [9.17, 15) is 0 Å². The predicted molar refractivity (Wildman–Crippen MR) is 79.7 cm³/mol. The normalized spacial score (nSPS) is 17.2. The SMILES string of the molecule is COc1ccc(CNC2CSc3ccccc32)cc1. The second kappa shape index (κ2) is 5.68. The highest BCUT2D eigenvalue weighted by atomic mass is 32.2. The zero-order valence-electron chi connectivity index (χ0n) is 10.9.